The van der Waals surface area contributed by atoms with Crippen molar-refractivity contribution >= 4 is 49.7 Å². The van der Waals surface area contributed by atoms with Gasteiger partial charge in [-0.05, 0) is 6.42 Å². The second kappa shape index (κ2) is 11.9. The number of imidazole rings is 2. The van der Waals surface area contributed by atoms with Gasteiger partial charge in [-0.2, -0.15) is 4.98 Å². The summed E-state index contributed by atoms with van der Waals surface area (Å²) < 4.78 is 63.3. The maximum Gasteiger partial charge on any atom is 0.472 e. The zero-order valence-electron chi connectivity index (χ0n) is 24.4. The summed E-state index contributed by atoms with van der Waals surface area (Å²) in [6, 6.07) is 0. The van der Waals surface area contributed by atoms with Crippen molar-refractivity contribution < 1.29 is 51.6 Å². The van der Waals surface area contributed by atoms with E-state index in [1.54, 1.807) is 0 Å². The number of rotatable bonds is 4. The van der Waals surface area contributed by atoms with Gasteiger partial charge in [-0.1, -0.05) is 13.3 Å². The first kappa shape index (κ1) is 32.2. The van der Waals surface area contributed by atoms with E-state index in [0.29, 0.717) is 12.8 Å². The molecule has 7 heterocycles. The van der Waals surface area contributed by atoms with Crippen LogP contribution in [0.4, 0.5) is 11.8 Å². The lowest BCUT2D eigenvalue weighted by molar-refractivity contribution is -0.0671. The van der Waals surface area contributed by atoms with Gasteiger partial charge in [0.05, 0.1) is 32.0 Å². The first-order chi connectivity index (χ1) is 22.4. The highest BCUT2D eigenvalue weighted by molar-refractivity contribution is 7.47. The van der Waals surface area contributed by atoms with E-state index >= 15 is 0 Å². The number of aliphatic hydroxyl groups is 1. The summed E-state index contributed by atoms with van der Waals surface area (Å²) in [7, 11) is -9.95. The number of H-pyrrole nitrogens is 1. The third-order valence-electron chi connectivity index (χ3n) is 8.13. The molecule has 0 radical (unpaired) electrons. The number of aromatic amines is 1. The van der Waals surface area contributed by atoms with E-state index in [1.807, 2.05) is 6.92 Å². The molecule has 10 atom stereocenters. The first-order valence-electron chi connectivity index (χ1n) is 14.3. The molecular formula is C23H30N10O12P2. The average Bonchev–Trinajstić information content (AvgIpc) is 3.76. The summed E-state index contributed by atoms with van der Waals surface area (Å²) in [5, 5.41) is 11.2. The second-order valence-corrected chi connectivity index (χ2v) is 13.9. The van der Waals surface area contributed by atoms with Crippen molar-refractivity contribution in [1.82, 2.24) is 39.0 Å². The van der Waals surface area contributed by atoms with E-state index in [-0.39, 0.29) is 34.1 Å². The number of anilines is 2. The number of hydrogen-bond acceptors (Lipinski definition) is 17. The van der Waals surface area contributed by atoms with Gasteiger partial charge in [0.2, 0.25) is 5.95 Å². The van der Waals surface area contributed by atoms with Crippen LogP contribution in [0, 0.1) is 5.92 Å². The SMILES string of the molecule is CCCC1C2OP(=O)(O)OC[C@H]3O[C@@H](n4cnc5c(N)ncnc54)C(O)C3OP(=O)(O)OC[C@H]1O[C@H]2n1cnc2c(=O)[nH]c(N)nc21. The van der Waals surface area contributed by atoms with Crippen LogP contribution in [-0.2, 0) is 36.7 Å². The maximum atomic E-state index is 13.5. The number of fused-ring (bicyclic) bond motifs is 5. The van der Waals surface area contributed by atoms with Gasteiger partial charge in [-0.25, -0.2) is 29.1 Å². The lowest BCUT2D eigenvalue weighted by Crippen LogP contribution is -2.36. The topological polar surface area (TPSA) is 309 Å². The molecule has 24 heteroatoms. The number of phosphoric ester groups is 2. The summed E-state index contributed by atoms with van der Waals surface area (Å²) in [6.07, 6.45) is -4.97. The van der Waals surface area contributed by atoms with Crippen LogP contribution < -0.4 is 17.0 Å². The Balaban J connectivity index is 1.23. The second-order valence-electron chi connectivity index (χ2n) is 11.1. The van der Waals surface area contributed by atoms with E-state index < -0.39 is 83.3 Å². The summed E-state index contributed by atoms with van der Waals surface area (Å²) in [5.74, 6) is -0.866. The van der Waals surface area contributed by atoms with Crippen LogP contribution in [-0.4, -0.2) is 97.7 Å². The summed E-state index contributed by atoms with van der Waals surface area (Å²) in [5.41, 5.74) is 11.3. The first-order valence-corrected chi connectivity index (χ1v) is 17.3. The van der Waals surface area contributed by atoms with Crippen LogP contribution >= 0.6 is 15.6 Å². The third kappa shape index (κ3) is 5.85. The van der Waals surface area contributed by atoms with Gasteiger partial charge in [-0.3, -0.25) is 37.0 Å². The van der Waals surface area contributed by atoms with Crippen molar-refractivity contribution in [3.8, 4) is 0 Å². The van der Waals surface area contributed by atoms with Gasteiger partial charge in [0.1, 0.15) is 36.3 Å². The Morgan fingerprint density at radius 2 is 1.55 bits per heavy atom. The van der Waals surface area contributed by atoms with E-state index in [2.05, 4.69) is 29.9 Å². The molecule has 22 nitrogen and oxygen atoms in total. The molecule has 3 aliphatic rings. The fourth-order valence-electron chi connectivity index (χ4n) is 6.08. The van der Waals surface area contributed by atoms with Crippen molar-refractivity contribution in [2.45, 2.75) is 62.7 Å². The van der Waals surface area contributed by atoms with Gasteiger partial charge in [0.25, 0.3) is 5.56 Å². The highest BCUT2D eigenvalue weighted by atomic mass is 31.2. The number of nitrogens with zero attached hydrogens (tertiary/aromatic N) is 7. The molecular weight excluding hydrogens is 670 g/mol. The third-order valence-corrected chi connectivity index (χ3v) is 10.1. The van der Waals surface area contributed by atoms with Gasteiger partial charge in [0, 0.05) is 5.92 Å². The highest BCUT2D eigenvalue weighted by Crippen LogP contribution is 2.55. The molecule has 3 aliphatic heterocycles. The standard InChI is InChI=1S/C23H30N10O12P2/c1-2-3-9-10-4-40-47(38,39)45-16-11(43-21(14(16)34)32-7-28-12-17(24)26-6-27-18(12)32)5-41-46(36,37)44-15(9)22(42-10)33-8-29-13-19(33)30-23(25)31-20(13)35/h6-11,14-16,21-22,34H,2-5H2,1H3,(H,36,37)(H,38,39)(H2,24,26,27)(H3,25,30,31,35)/t9?,10-,11-,14?,15?,16?,21-,22-/m1/s1. The average molecular weight is 700 g/mol. The number of nitrogen functional groups attached to an aromatic ring is 2. The minimum Gasteiger partial charge on any atom is -0.386 e. The number of aliphatic hydroxyl groups excluding tert-OH is 1. The van der Waals surface area contributed by atoms with Crippen molar-refractivity contribution in [1.29, 1.82) is 0 Å². The van der Waals surface area contributed by atoms with Crippen LogP contribution in [0.2, 0.25) is 0 Å². The fraction of sp³-hybridized carbons (Fsp3) is 0.565. The number of phosphoric acid groups is 2. The molecule has 4 aromatic rings. The Morgan fingerprint density at radius 3 is 2.28 bits per heavy atom. The smallest absolute Gasteiger partial charge is 0.386 e. The van der Waals surface area contributed by atoms with E-state index in [0.717, 1.165) is 0 Å². The molecule has 7 rings (SSSR count). The normalized spacial score (nSPS) is 36.6. The molecule has 6 unspecified atom stereocenters. The molecule has 47 heavy (non-hydrogen) atoms. The van der Waals surface area contributed by atoms with Crippen molar-refractivity contribution in [2.75, 3.05) is 24.7 Å². The highest BCUT2D eigenvalue weighted by Gasteiger charge is 2.54. The molecule has 3 fully saturated rings. The van der Waals surface area contributed by atoms with Crippen molar-refractivity contribution in [3.63, 3.8) is 0 Å². The predicted octanol–water partition coefficient (Wildman–Crippen LogP) is -0.286. The number of nitrogens with two attached hydrogens (primary N) is 2. The molecule has 0 aliphatic carbocycles. The molecule has 0 amide bonds. The van der Waals surface area contributed by atoms with Crippen molar-refractivity contribution in [2.24, 2.45) is 5.92 Å². The Labute approximate surface area is 263 Å². The summed E-state index contributed by atoms with van der Waals surface area (Å²) >= 11 is 0. The quantitative estimate of drug-likeness (QED) is 0.149. The minimum absolute atomic E-state index is 0.00563. The van der Waals surface area contributed by atoms with Gasteiger partial charge in [0.15, 0.2) is 35.1 Å². The summed E-state index contributed by atoms with van der Waals surface area (Å²) in [6.45, 7) is 0.547. The maximum absolute atomic E-state index is 13.5. The molecule has 2 bridgehead atoms. The lowest BCUT2D eigenvalue weighted by Gasteiger charge is -2.26. The molecule has 8 N–H and O–H groups in total. The predicted molar refractivity (Wildman–Crippen MR) is 156 cm³/mol. The number of nitrogens with one attached hydrogen (secondary N) is 1. The van der Waals surface area contributed by atoms with Gasteiger partial charge >= 0.3 is 15.6 Å². The number of ether oxygens (including phenoxy) is 2. The lowest BCUT2D eigenvalue weighted by atomic mass is 9.93. The van der Waals surface area contributed by atoms with Crippen LogP contribution in [0.25, 0.3) is 22.3 Å². The van der Waals surface area contributed by atoms with E-state index in [4.69, 9.17) is 39.0 Å². The van der Waals surface area contributed by atoms with Crippen LogP contribution in [0.5, 0.6) is 0 Å². The molecule has 4 aromatic heterocycles. The Hall–Kier alpha value is -3.40. The van der Waals surface area contributed by atoms with E-state index in [1.165, 1.54) is 28.1 Å². The number of hydrogen-bond donors (Lipinski definition) is 6. The van der Waals surface area contributed by atoms with Crippen LogP contribution in [0.1, 0.15) is 32.2 Å². The largest absolute Gasteiger partial charge is 0.472 e. The Bertz CT molecular complexity index is 1970. The van der Waals surface area contributed by atoms with Crippen molar-refractivity contribution in [3.05, 3.63) is 29.3 Å². The zero-order valence-corrected chi connectivity index (χ0v) is 26.2. The zero-order chi connectivity index (χ0) is 33.2. The number of aromatic nitrogens is 8. The molecule has 3 saturated heterocycles. The monoisotopic (exact) mass is 700 g/mol. The molecule has 0 aromatic carbocycles. The Morgan fingerprint density at radius 1 is 0.915 bits per heavy atom. The minimum atomic E-state index is -4.98. The molecule has 0 spiro atoms. The van der Waals surface area contributed by atoms with Gasteiger partial charge in [-0.15, -0.1) is 0 Å². The fourth-order valence-corrected chi connectivity index (χ4v) is 8.01. The molecule has 0 saturated carbocycles. The van der Waals surface area contributed by atoms with Crippen LogP contribution in [0.3, 0.4) is 0 Å². The van der Waals surface area contributed by atoms with Crippen LogP contribution in [0.15, 0.2) is 23.8 Å². The Kier molecular flexibility index (Phi) is 8.17. The van der Waals surface area contributed by atoms with E-state index in [9.17, 15) is 28.8 Å². The van der Waals surface area contributed by atoms with Gasteiger partial charge < -0.3 is 35.8 Å². The molecule has 254 valence electrons. The summed E-state index contributed by atoms with van der Waals surface area (Å²) in [4.78, 5) is 56.9.